The molecule has 0 bridgehead atoms. The van der Waals surface area contributed by atoms with Crippen molar-refractivity contribution in [1.82, 2.24) is 0 Å². The Hall–Kier alpha value is -5.40. The van der Waals surface area contributed by atoms with E-state index in [-0.39, 0.29) is 5.41 Å². The van der Waals surface area contributed by atoms with Crippen LogP contribution < -0.4 is 4.90 Å². The van der Waals surface area contributed by atoms with E-state index in [4.69, 9.17) is 0 Å². The number of para-hydroxylation sites is 1. The van der Waals surface area contributed by atoms with Crippen LogP contribution in [0.1, 0.15) is 35.1 Å². The molecule has 8 rings (SSSR count). The monoisotopic (exact) mass is 563 g/mol. The maximum atomic E-state index is 2.42. The molecule has 1 nitrogen and oxygen atoms in total. The first-order valence-corrected chi connectivity index (χ1v) is 15.5. The zero-order valence-corrected chi connectivity index (χ0v) is 24.6. The maximum absolute atomic E-state index is 2.42. The number of benzene rings is 6. The molecule has 2 aliphatic rings. The fourth-order valence-corrected chi connectivity index (χ4v) is 7.33. The van der Waals surface area contributed by atoms with Crippen LogP contribution in [0.15, 0.2) is 182 Å². The first-order valence-electron chi connectivity index (χ1n) is 15.5. The summed E-state index contributed by atoms with van der Waals surface area (Å²) >= 11 is 0. The van der Waals surface area contributed by atoms with Crippen LogP contribution in [0.3, 0.4) is 0 Å². The van der Waals surface area contributed by atoms with Crippen LogP contribution in [0.2, 0.25) is 0 Å². The van der Waals surface area contributed by atoms with Crippen molar-refractivity contribution >= 4 is 22.6 Å². The number of nitrogens with zero attached hydrogens (tertiary/aromatic N) is 1. The average Bonchev–Trinajstić information content (AvgIpc) is 3.41. The Morgan fingerprint density at radius 1 is 0.477 bits per heavy atom. The zero-order valence-electron chi connectivity index (χ0n) is 24.6. The van der Waals surface area contributed by atoms with Crippen molar-refractivity contribution in [1.29, 1.82) is 0 Å². The van der Waals surface area contributed by atoms with E-state index in [1.807, 2.05) is 0 Å². The first kappa shape index (κ1) is 26.2. The standard InChI is InChI=1S/C43H33N/c1-4-15-32(16-5-1)33-27-29-37(30-28-33)44(36-20-8-3-9-21-36)38-22-14-19-35(31-38)43(34-17-6-2-7-18-34)41-25-12-10-23-39(41)40-24-11-13-26-42(40)43/h1-10,12-23,25-31H,11,24H2. The van der Waals surface area contributed by atoms with Crippen LogP contribution in [0, 0.1) is 0 Å². The second-order valence-corrected chi connectivity index (χ2v) is 11.6. The molecule has 1 heteroatoms. The minimum atomic E-state index is -0.389. The summed E-state index contributed by atoms with van der Waals surface area (Å²) in [4.78, 5) is 2.38. The van der Waals surface area contributed by atoms with E-state index in [2.05, 4.69) is 181 Å². The third-order valence-electron chi connectivity index (χ3n) is 9.22. The van der Waals surface area contributed by atoms with E-state index < -0.39 is 0 Å². The molecule has 0 saturated heterocycles. The first-order chi connectivity index (χ1) is 21.8. The molecule has 210 valence electrons. The van der Waals surface area contributed by atoms with Crippen molar-refractivity contribution in [2.75, 3.05) is 4.90 Å². The molecule has 0 amide bonds. The Morgan fingerprint density at radius 3 is 1.84 bits per heavy atom. The lowest BCUT2D eigenvalue weighted by Crippen LogP contribution is -2.30. The second kappa shape index (κ2) is 11.0. The molecule has 0 aromatic heterocycles. The van der Waals surface area contributed by atoms with Crippen LogP contribution >= 0.6 is 0 Å². The summed E-state index contributed by atoms with van der Waals surface area (Å²) in [6.45, 7) is 0. The molecule has 0 saturated carbocycles. The molecule has 44 heavy (non-hydrogen) atoms. The van der Waals surface area contributed by atoms with Gasteiger partial charge in [0.15, 0.2) is 0 Å². The maximum Gasteiger partial charge on any atom is 0.0710 e. The van der Waals surface area contributed by atoms with E-state index in [1.54, 1.807) is 0 Å². The van der Waals surface area contributed by atoms with Crippen molar-refractivity contribution in [3.05, 3.63) is 204 Å². The number of fused-ring (bicyclic) bond motifs is 2. The van der Waals surface area contributed by atoms with E-state index in [0.29, 0.717) is 0 Å². The van der Waals surface area contributed by atoms with Gasteiger partial charge in [0.25, 0.3) is 0 Å². The highest BCUT2D eigenvalue weighted by molar-refractivity contribution is 5.89. The van der Waals surface area contributed by atoms with Gasteiger partial charge in [0, 0.05) is 17.1 Å². The summed E-state index contributed by atoms with van der Waals surface area (Å²) in [7, 11) is 0. The molecular weight excluding hydrogens is 530 g/mol. The topological polar surface area (TPSA) is 3.24 Å². The molecule has 1 unspecified atom stereocenters. The summed E-state index contributed by atoms with van der Waals surface area (Å²) < 4.78 is 0. The summed E-state index contributed by atoms with van der Waals surface area (Å²) in [5, 5.41) is 0. The number of anilines is 3. The van der Waals surface area contributed by atoms with Crippen molar-refractivity contribution in [3.8, 4) is 11.1 Å². The van der Waals surface area contributed by atoms with E-state index in [1.165, 1.54) is 44.5 Å². The van der Waals surface area contributed by atoms with Gasteiger partial charge in [0.2, 0.25) is 0 Å². The van der Waals surface area contributed by atoms with Crippen LogP contribution in [-0.4, -0.2) is 0 Å². The molecule has 0 heterocycles. The van der Waals surface area contributed by atoms with Gasteiger partial charge in [0.1, 0.15) is 0 Å². The fraction of sp³-hybridized carbons (Fsp3) is 0.0698. The molecule has 1 atom stereocenters. The van der Waals surface area contributed by atoms with Gasteiger partial charge in [-0.25, -0.2) is 0 Å². The molecule has 2 aliphatic carbocycles. The molecule has 6 aromatic carbocycles. The van der Waals surface area contributed by atoms with Gasteiger partial charge in [-0.05, 0) is 93.8 Å². The normalized spacial score (nSPS) is 16.8. The Kier molecular flexibility index (Phi) is 6.57. The minimum absolute atomic E-state index is 0.389. The largest absolute Gasteiger partial charge is 0.310 e. The number of hydrogen-bond donors (Lipinski definition) is 0. The van der Waals surface area contributed by atoms with Gasteiger partial charge in [0.05, 0.1) is 5.41 Å². The van der Waals surface area contributed by atoms with Crippen LogP contribution in [-0.2, 0) is 5.41 Å². The predicted octanol–water partition coefficient (Wildman–Crippen LogP) is 11.3. The molecular formula is C43H33N. The third-order valence-corrected chi connectivity index (χ3v) is 9.22. The van der Waals surface area contributed by atoms with Crippen molar-refractivity contribution in [2.45, 2.75) is 18.3 Å². The smallest absolute Gasteiger partial charge is 0.0710 e. The summed E-state index contributed by atoms with van der Waals surface area (Å²) in [5.74, 6) is 0. The Balaban J connectivity index is 1.33. The average molecular weight is 564 g/mol. The van der Waals surface area contributed by atoms with Crippen molar-refractivity contribution in [3.63, 3.8) is 0 Å². The highest BCUT2D eigenvalue weighted by atomic mass is 15.1. The van der Waals surface area contributed by atoms with Crippen molar-refractivity contribution in [2.24, 2.45) is 0 Å². The van der Waals surface area contributed by atoms with Crippen LogP contribution in [0.4, 0.5) is 17.1 Å². The SMILES string of the molecule is C1=CC2=C(CC1)c1ccccc1C2(c1ccccc1)c1cccc(N(c2ccccc2)c2ccc(-c3ccccc3)cc2)c1. The number of rotatable bonds is 6. The zero-order chi connectivity index (χ0) is 29.3. The van der Waals surface area contributed by atoms with Crippen molar-refractivity contribution < 1.29 is 0 Å². The molecule has 6 aromatic rings. The quantitative estimate of drug-likeness (QED) is 0.195. The van der Waals surface area contributed by atoms with E-state index in [9.17, 15) is 0 Å². The summed E-state index contributed by atoms with van der Waals surface area (Å²) in [6.07, 6.45) is 6.91. The lowest BCUT2D eigenvalue weighted by molar-refractivity contribution is 0.756. The summed E-state index contributed by atoms with van der Waals surface area (Å²) in [6, 6.07) is 59.6. The Labute approximate surface area is 260 Å². The van der Waals surface area contributed by atoms with Gasteiger partial charge >= 0.3 is 0 Å². The van der Waals surface area contributed by atoms with Gasteiger partial charge in [-0.2, -0.15) is 0 Å². The predicted molar refractivity (Wildman–Crippen MR) is 185 cm³/mol. The second-order valence-electron chi connectivity index (χ2n) is 11.6. The van der Waals surface area contributed by atoms with E-state index >= 15 is 0 Å². The fourth-order valence-electron chi connectivity index (χ4n) is 7.33. The minimum Gasteiger partial charge on any atom is -0.310 e. The van der Waals surface area contributed by atoms with Gasteiger partial charge in [-0.15, -0.1) is 0 Å². The highest BCUT2D eigenvalue weighted by Gasteiger charge is 2.47. The van der Waals surface area contributed by atoms with E-state index in [0.717, 1.165) is 29.9 Å². The van der Waals surface area contributed by atoms with Crippen LogP contribution in [0.5, 0.6) is 0 Å². The van der Waals surface area contributed by atoms with Crippen LogP contribution in [0.25, 0.3) is 16.7 Å². The molecule has 0 fully saturated rings. The number of hydrogen-bond acceptors (Lipinski definition) is 1. The highest BCUT2D eigenvalue weighted by Crippen LogP contribution is 2.57. The number of allylic oxidation sites excluding steroid dienone is 4. The Bertz CT molecular complexity index is 1990. The van der Waals surface area contributed by atoms with Gasteiger partial charge in [-0.3, -0.25) is 0 Å². The lowest BCUT2D eigenvalue weighted by atomic mass is 9.66. The molecule has 0 spiro atoms. The van der Waals surface area contributed by atoms with Gasteiger partial charge in [-0.1, -0.05) is 140 Å². The lowest BCUT2D eigenvalue weighted by Gasteiger charge is -2.36. The molecule has 0 aliphatic heterocycles. The summed E-state index contributed by atoms with van der Waals surface area (Å²) in [5.41, 5.74) is 13.7. The van der Waals surface area contributed by atoms with Gasteiger partial charge < -0.3 is 4.90 Å². The Morgan fingerprint density at radius 2 is 1.07 bits per heavy atom. The molecule has 0 N–H and O–H groups in total. The molecule has 0 radical (unpaired) electrons. The third kappa shape index (κ3) is 4.24.